The van der Waals surface area contributed by atoms with Crippen molar-refractivity contribution in [1.82, 2.24) is 10.0 Å². The average molecular weight is 434 g/mol. The molecule has 1 atom stereocenters. The molecule has 0 aliphatic carbocycles. The number of ether oxygens (including phenoxy) is 1. The van der Waals surface area contributed by atoms with E-state index in [2.05, 4.69) is 10.3 Å². The van der Waals surface area contributed by atoms with Gasteiger partial charge < -0.3 is 15.8 Å². The monoisotopic (exact) mass is 434 g/mol. The molecule has 2 amide bonds. The third kappa shape index (κ3) is 5.90. The Kier molecular flexibility index (Phi) is 7.91. The Bertz CT molecular complexity index is 1040. The van der Waals surface area contributed by atoms with Gasteiger partial charge in [0, 0.05) is 41.7 Å². The van der Waals surface area contributed by atoms with E-state index in [1.165, 1.54) is 12.2 Å². The zero-order valence-corrected chi connectivity index (χ0v) is 18.0. The number of amides is 2. The first-order valence-electron chi connectivity index (χ1n) is 10.0. The van der Waals surface area contributed by atoms with Crippen LogP contribution in [0.15, 0.2) is 73.1 Å². The number of hydrogen-bond acceptors (Lipinski definition) is 6. The number of benzene rings is 2. The number of carbonyl (C=O) groups is 2. The van der Waals surface area contributed by atoms with E-state index in [0.717, 1.165) is 11.1 Å². The molecule has 3 N–H and O–H groups in total. The quantitative estimate of drug-likeness (QED) is 0.501. The largest absolute Gasteiger partial charge is 0.496 e. The Morgan fingerprint density at radius 3 is 2.38 bits per heavy atom. The summed E-state index contributed by atoms with van der Waals surface area (Å²) in [5.74, 6) is 0.174. The van der Waals surface area contributed by atoms with Crippen molar-refractivity contribution < 1.29 is 19.2 Å². The van der Waals surface area contributed by atoms with Crippen molar-refractivity contribution in [3.63, 3.8) is 0 Å². The summed E-state index contributed by atoms with van der Waals surface area (Å²) in [7, 11) is 3.02. The number of nitrogens with zero attached hydrogens (tertiary/aromatic N) is 2. The first-order valence-corrected chi connectivity index (χ1v) is 10.0. The van der Waals surface area contributed by atoms with Crippen LogP contribution in [-0.2, 0) is 16.2 Å². The molecule has 0 radical (unpaired) electrons. The van der Waals surface area contributed by atoms with Crippen LogP contribution in [-0.4, -0.2) is 36.1 Å². The minimum atomic E-state index is -0.546. The average Bonchev–Trinajstić information content (AvgIpc) is 2.83. The summed E-state index contributed by atoms with van der Waals surface area (Å²) in [5.41, 5.74) is 8.96. The molecule has 1 heterocycles. The van der Waals surface area contributed by atoms with Crippen molar-refractivity contribution >= 4 is 17.5 Å². The molecule has 0 saturated carbocycles. The van der Waals surface area contributed by atoms with Crippen molar-refractivity contribution in [2.24, 2.45) is 5.73 Å². The zero-order valence-electron chi connectivity index (χ0n) is 18.0. The van der Waals surface area contributed by atoms with E-state index in [1.54, 1.807) is 55.9 Å². The second-order valence-corrected chi connectivity index (χ2v) is 7.05. The molecule has 0 aliphatic rings. The smallest absolute Gasteiger partial charge is 0.255 e. The summed E-state index contributed by atoms with van der Waals surface area (Å²) in [6.45, 7) is 0.236. The van der Waals surface area contributed by atoms with E-state index >= 15 is 0 Å². The highest BCUT2D eigenvalue weighted by Gasteiger charge is 2.20. The van der Waals surface area contributed by atoms with Gasteiger partial charge >= 0.3 is 0 Å². The molecule has 1 unspecified atom stereocenters. The standard InChI is InChI=1S/C24H26N4O4/c1-31-22-6-4-3-5-19(22)16-28(32-2)23(29)15-21(25)17-7-9-18(10-8-17)24(30)27-20-11-13-26-14-12-20/h3-14,21H,15-16,25H2,1-2H3,(H,26,27,30). The molecule has 0 aliphatic heterocycles. The van der Waals surface area contributed by atoms with E-state index in [0.29, 0.717) is 17.0 Å². The number of para-hydroxylation sites is 1. The Hall–Kier alpha value is -3.75. The zero-order chi connectivity index (χ0) is 22.9. The van der Waals surface area contributed by atoms with Crippen LogP contribution in [0.5, 0.6) is 5.75 Å². The van der Waals surface area contributed by atoms with Gasteiger partial charge in [-0.2, -0.15) is 0 Å². The van der Waals surface area contributed by atoms with Crippen molar-refractivity contribution in [3.05, 3.63) is 89.7 Å². The molecule has 1 aromatic heterocycles. The number of nitrogens with two attached hydrogens (primary N) is 1. The number of hydroxylamine groups is 2. The SMILES string of the molecule is COc1ccccc1CN(OC)C(=O)CC(N)c1ccc(C(=O)Nc2ccncc2)cc1. The highest BCUT2D eigenvalue weighted by molar-refractivity contribution is 6.04. The maximum absolute atomic E-state index is 12.8. The van der Waals surface area contributed by atoms with Gasteiger partial charge in [-0.3, -0.25) is 19.4 Å². The number of anilines is 1. The first-order chi connectivity index (χ1) is 15.5. The molecule has 32 heavy (non-hydrogen) atoms. The summed E-state index contributed by atoms with van der Waals surface area (Å²) in [5, 5.41) is 4.05. The van der Waals surface area contributed by atoms with Crippen LogP contribution in [0, 0.1) is 0 Å². The lowest BCUT2D eigenvalue weighted by Gasteiger charge is -2.22. The van der Waals surface area contributed by atoms with Gasteiger partial charge in [0.25, 0.3) is 5.91 Å². The van der Waals surface area contributed by atoms with Crippen LogP contribution in [0.3, 0.4) is 0 Å². The number of nitrogens with one attached hydrogen (secondary N) is 1. The van der Waals surface area contributed by atoms with Crippen molar-refractivity contribution in [1.29, 1.82) is 0 Å². The third-order valence-corrected chi connectivity index (χ3v) is 4.94. The van der Waals surface area contributed by atoms with E-state index in [-0.39, 0.29) is 24.8 Å². The number of carbonyl (C=O) groups excluding carboxylic acids is 2. The van der Waals surface area contributed by atoms with Gasteiger partial charge in [0.1, 0.15) is 5.75 Å². The number of methoxy groups -OCH3 is 1. The minimum Gasteiger partial charge on any atom is -0.496 e. The fraction of sp³-hybridized carbons (Fsp3) is 0.208. The van der Waals surface area contributed by atoms with Gasteiger partial charge in [0.2, 0.25) is 5.91 Å². The van der Waals surface area contributed by atoms with Crippen molar-refractivity contribution in [3.8, 4) is 5.75 Å². The third-order valence-electron chi connectivity index (χ3n) is 4.94. The maximum Gasteiger partial charge on any atom is 0.255 e. The lowest BCUT2D eigenvalue weighted by molar-refractivity contribution is -0.179. The van der Waals surface area contributed by atoms with Crippen LogP contribution < -0.4 is 15.8 Å². The Labute approximate surface area is 186 Å². The molecule has 3 aromatic rings. The Morgan fingerprint density at radius 1 is 1.03 bits per heavy atom. The molecule has 0 spiro atoms. The topological polar surface area (TPSA) is 107 Å². The number of rotatable bonds is 9. The van der Waals surface area contributed by atoms with Crippen LogP contribution in [0.1, 0.15) is 33.9 Å². The predicted molar refractivity (Wildman–Crippen MR) is 121 cm³/mol. The van der Waals surface area contributed by atoms with E-state index in [1.807, 2.05) is 24.3 Å². The lowest BCUT2D eigenvalue weighted by atomic mass is 10.0. The maximum atomic E-state index is 12.8. The number of aromatic nitrogens is 1. The van der Waals surface area contributed by atoms with Gasteiger partial charge in [-0.05, 0) is 35.9 Å². The minimum absolute atomic E-state index is 0.0472. The van der Waals surface area contributed by atoms with Crippen LogP contribution in [0.4, 0.5) is 5.69 Å². The summed E-state index contributed by atoms with van der Waals surface area (Å²) in [6.07, 6.45) is 3.25. The molecule has 8 heteroatoms. The van der Waals surface area contributed by atoms with Crippen molar-refractivity contribution in [2.45, 2.75) is 19.0 Å². The number of pyridine rings is 1. The van der Waals surface area contributed by atoms with E-state index in [9.17, 15) is 9.59 Å². The second-order valence-electron chi connectivity index (χ2n) is 7.05. The molecule has 0 fully saturated rings. The fourth-order valence-electron chi connectivity index (χ4n) is 3.17. The van der Waals surface area contributed by atoms with E-state index < -0.39 is 6.04 Å². The van der Waals surface area contributed by atoms with E-state index in [4.69, 9.17) is 15.3 Å². The van der Waals surface area contributed by atoms with Gasteiger partial charge in [0.15, 0.2) is 0 Å². The Morgan fingerprint density at radius 2 is 1.72 bits per heavy atom. The highest BCUT2D eigenvalue weighted by Crippen LogP contribution is 2.22. The lowest BCUT2D eigenvalue weighted by Crippen LogP contribution is -2.32. The summed E-state index contributed by atoms with van der Waals surface area (Å²) in [6, 6.07) is 17.1. The fourth-order valence-corrected chi connectivity index (χ4v) is 3.17. The van der Waals surface area contributed by atoms with Crippen LogP contribution in [0.25, 0.3) is 0 Å². The normalized spacial score (nSPS) is 11.5. The molecule has 2 aromatic carbocycles. The van der Waals surface area contributed by atoms with Crippen LogP contribution >= 0.6 is 0 Å². The molecule has 0 saturated heterocycles. The summed E-state index contributed by atoms with van der Waals surface area (Å²) >= 11 is 0. The van der Waals surface area contributed by atoms with Crippen LogP contribution in [0.2, 0.25) is 0 Å². The van der Waals surface area contributed by atoms with Gasteiger partial charge in [-0.25, -0.2) is 5.06 Å². The predicted octanol–water partition coefficient (Wildman–Crippen LogP) is 3.32. The van der Waals surface area contributed by atoms with Crippen molar-refractivity contribution in [2.75, 3.05) is 19.5 Å². The molecule has 0 bridgehead atoms. The molecule has 8 nitrogen and oxygen atoms in total. The van der Waals surface area contributed by atoms with Gasteiger partial charge in [0.05, 0.1) is 20.8 Å². The highest BCUT2D eigenvalue weighted by atomic mass is 16.7. The number of hydrogen-bond donors (Lipinski definition) is 2. The molecular weight excluding hydrogens is 408 g/mol. The van der Waals surface area contributed by atoms with Gasteiger partial charge in [-0.1, -0.05) is 30.3 Å². The Balaban J connectivity index is 1.61. The molecular formula is C24H26N4O4. The summed E-state index contributed by atoms with van der Waals surface area (Å²) < 4.78 is 5.33. The molecule has 166 valence electrons. The molecule has 3 rings (SSSR count). The van der Waals surface area contributed by atoms with Gasteiger partial charge in [-0.15, -0.1) is 0 Å². The summed E-state index contributed by atoms with van der Waals surface area (Å²) in [4.78, 5) is 34.3. The first kappa shape index (κ1) is 22.9. The second kappa shape index (κ2) is 11.0.